The van der Waals surface area contributed by atoms with Crippen LogP contribution in [0.3, 0.4) is 0 Å². The average molecular weight is 427 g/mol. The maximum absolute atomic E-state index is 2.99. The first-order valence-corrected chi connectivity index (χ1v) is 22.8. The van der Waals surface area contributed by atoms with Crippen molar-refractivity contribution in [3.8, 4) is 0 Å². The van der Waals surface area contributed by atoms with Crippen molar-refractivity contribution in [2.75, 3.05) is 95.1 Å². The molecular weight excluding hydrogens is 379 g/mol. The zero-order chi connectivity index (χ0) is 19.2. The van der Waals surface area contributed by atoms with Crippen LogP contribution >= 0.6 is 48.1 Å². The van der Waals surface area contributed by atoms with Gasteiger partial charge in [0.2, 0.25) is 0 Å². The molecule has 0 atom stereocenters. The van der Waals surface area contributed by atoms with Crippen LogP contribution < -0.4 is 0 Å². The molecule has 0 aliphatic heterocycles. The van der Waals surface area contributed by atoms with Crippen molar-refractivity contribution >= 4 is 48.1 Å². The van der Waals surface area contributed by atoms with E-state index in [0.29, 0.717) is 5.91 Å². The molecule has 7 heteroatoms. The molecule has 0 rings (SSSR count). The molecule has 150 valence electrons. The molecule has 0 radical (unpaired) electrons. The molecular formula is C16H47N2PS4. The van der Waals surface area contributed by atoms with E-state index in [-0.39, 0.29) is 0 Å². The molecule has 2 nitrogen and oxygen atoms in total. The summed E-state index contributed by atoms with van der Waals surface area (Å²) in [7, 11) is -4.54. The Balaban J connectivity index is 6.55. The van der Waals surface area contributed by atoms with Gasteiger partial charge in [-0.25, -0.2) is 0 Å². The molecule has 0 N–H and O–H groups in total. The molecule has 0 spiro atoms. The molecule has 0 aromatic rings. The van der Waals surface area contributed by atoms with Crippen molar-refractivity contribution in [1.29, 1.82) is 0 Å². The van der Waals surface area contributed by atoms with Gasteiger partial charge in [-0.1, -0.05) is 0 Å². The van der Waals surface area contributed by atoms with E-state index in [1.54, 1.807) is 0 Å². The van der Waals surface area contributed by atoms with E-state index in [0.717, 1.165) is 0 Å². The molecule has 0 aromatic heterocycles. The third-order valence-corrected chi connectivity index (χ3v) is 16.6. The first kappa shape index (κ1) is 24.8. The molecule has 0 aromatic carbocycles. The average Bonchev–Trinajstić information content (AvgIpc) is 2.04. The Hall–Kier alpha value is 1.75. The van der Waals surface area contributed by atoms with Crippen molar-refractivity contribution < 1.29 is 0 Å². The fourth-order valence-corrected chi connectivity index (χ4v) is 25.8. The minimum atomic E-state index is -1.42. The van der Waals surface area contributed by atoms with Gasteiger partial charge in [-0.3, -0.25) is 0 Å². The summed E-state index contributed by atoms with van der Waals surface area (Å²) >= 11 is 0. The minimum absolute atomic E-state index is 0.623. The zero-order valence-corrected chi connectivity index (χ0v) is 22.9. The Bertz CT molecular complexity index is 335. The van der Waals surface area contributed by atoms with E-state index >= 15 is 0 Å². The molecule has 0 aliphatic carbocycles. The van der Waals surface area contributed by atoms with Gasteiger partial charge < -0.3 is 0 Å². The molecule has 0 saturated carbocycles. The summed E-state index contributed by atoms with van der Waals surface area (Å²) in [6.07, 6.45) is 29.9. The summed E-state index contributed by atoms with van der Waals surface area (Å²) in [6.45, 7) is 7.72. The van der Waals surface area contributed by atoms with E-state index < -0.39 is 48.1 Å². The molecule has 0 bridgehead atoms. The molecule has 0 saturated heterocycles. The number of rotatable bonds is 7. The van der Waals surface area contributed by atoms with Crippen molar-refractivity contribution in [2.45, 2.75) is 5.91 Å². The zero-order valence-electron chi connectivity index (χ0n) is 18.6. The number of hydrogen-bond donors (Lipinski definition) is 0. The van der Waals surface area contributed by atoms with Crippen LogP contribution in [-0.4, -0.2) is 108 Å². The SMILES string of the molecule is C[PH](C)(C)C(N(S(C)(C)C)S(C)(C)C)N(S(C)(C)C)S(C)(C)C. The Morgan fingerprint density at radius 1 is 0.478 bits per heavy atom. The fraction of sp³-hybridized carbons (Fsp3) is 1.00. The van der Waals surface area contributed by atoms with Crippen molar-refractivity contribution in [1.82, 2.24) is 7.42 Å². The Kier molecular flexibility index (Phi) is 7.97. The van der Waals surface area contributed by atoms with Crippen LogP contribution in [0.25, 0.3) is 0 Å². The molecule has 0 unspecified atom stereocenters. The van der Waals surface area contributed by atoms with Gasteiger partial charge in [0.25, 0.3) is 0 Å². The summed E-state index contributed by atoms with van der Waals surface area (Å²) in [5.41, 5.74) is 0. The molecule has 0 amide bonds. The molecule has 0 fully saturated rings. The first-order chi connectivity index (χ1) is 9.61. The number of hydrogen-bond acceptors (Lipinski definition) is 2. The third kappa shape index (κ3) is 7.11. The predicted molar refractivity (Wildman–Crippen MR) is 135 cm³/mol. The van der Waals surface area contributed by atoms with Gasteiger partial charge in [-0.15, -0.1) is 0 Å². The summed E-state index contributed by atoms with van der Waals surface area (Å²) in [4.78, 5) is 0. The van der Waals surface area contributed by atoms with Gasteiger partial charge in [0, 0.05) is 0 Å². The van der Waals surface area contributed by atoms with E-state index in [1.807, 2.05) is 0 Å². The van der Waals surface area contributed by atoms with Crippen LogP contribution in [0.1, 0.15) is 0 Å². The second-order valence-corrected chi connectivity index (χ2v) is 31.9. The Morgan fingerprint density at radius 3 is 0.739 bits per heavy atom. The van der Waals surface area contributed by atoms with Crippen LogP contribution in [0, 0.1) is 0 Å². The van der Waals surface area contributed by atoms with Gasteiger partial charge in [-0.2, -0.15) is 0 Å². The van der Waals surface area contributed by atoms with Gasteiger partial charge in [0.05, 0.1) is 0 Å². The van der Waals surface area contributed by atoms with Gasteiger partial charge in [-0.05, 0) is 0 Å². The standard InChI is InChI=1S/C16H47N2PS4/c1-19(2,3)16(17(20(4,5)6)21(7,8)9)18(22(10,11)12)23(13,14)15/h16,19H,1-15H3. The van der Waals surface area contributed by atoms with E-state index in [1.165, 1.54) is 0 Å². The molecule has 23 heavy (non-hydrogen) atoms. The second kappa shape index (κ2) is 7.40. The molecule has 0 heterocycles. The van der Waals surface area contributed by atoms with Crippen LogP contribution in [0.15, 0.2) is 0 Å². The van der Waals surface area contributed by atoms with Gasteiger partial charge in [0.15, 0.2) is 0 Å². The van der Waals surface area contributed by atoms with Crippen LogP contribution in [0.2, 0.25) is 0 Å². The topological polar surface area (TPSA) is 6.48 Å². The van der Waals surface area contributed by atoms with E-state index in [4.69, 9.17) is 0 Å². The monoisotopic (exact) mass is 426 g/mol. The van der Waals surface area contributed by atoms with E-state index in [2.05, 4.69) is 102 Å². The van der Waals surface area contributed by atoms with Crippen LogP contribution in [0.5, 0.6) is 0 Å². The quantitative estimate of drug-likeness (QED) is 0.420. The van der Waals surface area contributed by atoms with Crippen molar-refractivity contribution in [2.24, 2.45) is 0 Å². The van der Waals surface area contributed by atoms with Crippen LogP contribution in [-0.2, 0) is 0 Å². The first-order valence-electron chi connectivity index (χ1n) is 7.93. The molecule has 0 aliphatic rings. The maximum atomic E-state index is 2.99. The number of nitrogens with zero attached hydrogens (tertiary/aromatic N) is 2. The van der Waals surface area contributed by atoms with Crippen LogP contribution in [0.4, 0.5) is 0 Å². The van der Waals surface area contributed by atoms with Crippen molar-refractivity contribution in [3.63, 3.8) is 0 Å². The Labute approximate surface area is 156 Å². The summed E-state index contributed by atoms with van der Waals surface area (Å²) < 4.78 is 5.98. The third-order valence-electron chi connectivity index (χ3n) is 3.33. The predicted octanol–water partition coefficient (Wildman–Crippen LogP) is 4.95. The summed E-state index contributed by atoms with van der Waals surface area (Å²) in [5.74, 6) is 0.623. The normalized spacial score (nSPS) is 19.4. The fourth-order valence-electron chi connectivity index (χ4n) is 3.25. The van der Waals surface area contributed by atoms with Gasteiger partial charge in [0.1, 0.15) is 0 Å². The van der Waals surface area contributed by atoms with Crippen molar-refractivity contribution in [3.05, 3.63) is 0 Å². The summed E-state index contributed by atoms with van der Waals surface area (Å²) in [5, 5.41) is 0. The summed E-state index contributed by atoms with van der Waals surface area (Å²) in [6, 6.07) is 0. The second-order valence-electron chi connectivity index (χ2n) is 10.4. The Morgan fingerprint density at radius 2 is 0.652 bits per heavy atom. The van der Waals surface area contributed by atoms with Gasteiger partial charge >= 0.3 is 157 Å². The van der Waals surface area contributed by atoms with E-state index in [9.17, 15) is 0 Å².